The van der Waals surface area contributed by atoms with E-state index < -0.39 is 15.4 Å². The van der Waals surface area contributed by atoms with Crippen LogP contribution in [-0.2, 0) is 21.4 Å². The van der Waals surface area contributed by atoms with Crippen LogP contribution in [0, 0.1) is 5.41 Å². The molecule has 1 heterocycles. The topological polar surface area (TPSA) is 66.5 Å². The van der Waals surface area contributed by atoms with Crippen LogP contribution in [0.15, 0.2) is 65.6 Å². The molecular weight excluding hydrogens is 348 g/mol. The molecule has 1 fully saturated rings. The number of amides is 1. The molecule has 1 amide bonds. The highest BCUT2D eigenvalue weighted by molar-refractivity contribution is 7.89. The zero-order chi connectivity index (χ0) is 18.6. The average molecular weight is 372 g/mol. The molecule has 1 N–H and O–H groups in total. The SMILES string of the molecule is CC1(C(=O)NCc2ccccc2)CCCN(S(=O)(=O)c2ccccc2)C1. The summed E-state index contributed by atoms with van der Waals surface area (Å²) in [7, 11) is -3.58. The number of sulfonamides is 1. The van der Waals surface area contributed by atoms with E-state index in [1.807, 2.05) is 37.3 Å². The summed E-state index contributed by atoms with van der Waals surface area (Å²) in [5.41, 5.74) is 0.295. The van der Waals surface area contributed by atoms with Gasteiger partial charge in [0.1, 0.15) is 0 Å². The maximum atomic E-state index is 12.9. The zero-order valence-electron chi connectivity index (χ0n) is 14.9. The van der Waals surface area contributed by atoms with Crippen LogP contribution < -0.4 is 5.32 Å². The molecule has 1 aliphatic rings. The molecule has 1 unspecified atom stereocenters. The predicted octanol–water partition coefficient (Wildman–Crippen LogP) is 2.79. The van der Waals surface area contributed by atoms with E-state index in [1.54, 1.807) is 30.3 Å². The molecule has 0 radical (unpaired) electrons. The second-order valence-electron chi connectivity index (χ2n) is 6.98. The van der Waals surface area contributed by atoms with Gasteiger partial charge in [0.15, 0.2) is 0 Å². The van der Waals surface area contributed by atoms with Crippen molar-refractivity contribution in [2.75, 3.05) is 13.1 Å². The number of carbonyl (C=O) groups excluding carboxylic acids is 1. The summed E-state index contributed by atoms with van der Waals surface area (Å²) in [6, 6.07) is 18.1. The predicted molar refractivity (Wildman–Crippen MR) is 101 cm³/mol. The minimum Gasteiger partial charge on any atom is -0.352 e. The van der Waals surface area contributed by atoms with Crippen molar-refractivity contribution in [1.29, 1.82) is 0 Å². The molecule has 2 aromatic carbocycles. The van der Waals surface area contributed by atoms with Gasteiger partial charge in [0, 0.05) is 19.6 Å². The van der Waals surface area contributed by atoms with E-state index in [4.69, 9.17) is 0 Å². The van der Waals surface area contributed by atoms with Crippen molar-refractivity contribution in [3.05, 3.63) is 66.2 Å². The molecule has 6 heteroatoms. The number of benzene rings is 2. The van der Waals surface area contributed by atoms with Crippen LogP contribution in [-0.4, -0.2) is 31.7 Å². The first-order valence-corrected chi connectivity index (χ1v) is 10.2. The van der Waals surface area contributed by atoms with Crippen molar-refractivity contribution >= 4 is 15.9 Å². The van der Waals surface area contributed by atoms with Crippen LogP contribution >= 0.6 is 0 Å². The molecule has 1 aliphatic heterocycles. The highest BCUT2D eigenvalue weighted by Gasteiger charge is 2.41. The Balaban J connectivity index is 1.71. The molecule has 138 valence electrons. The van der Waals surface area contributed by atoms with E-state index in [2.05, 4.69) is 5.32 Å². The van der Waals surface area contributed by atoms with E-state index >= 15 is 0 Å². The first kappa shape index (κ1) is 18.6. The molecule has 1 atom stereocenters. The Kier molecular flexibility index (Phi) is 5.44. The lowest BCUT2D eigenvalue weighted by molar-refractivity contribution is -0.132. The molecule has 5 nitrogen and oxygen atoms in total. The fourth-order valence-electron chi connectivity index (χ4n) is 3.32. The highest BCUT2D eigenvalue weighted by Crippen LogP contribution is 2.32. The minimum atomic E-state index is -3.58. The quantitative estimate of drug-likeness (QED) is 0.878. The summed E-state index contributed by atoms with van der Waals surface area (Å²) < 4.78 is 27.2. The van der Waals surface area contributed by atoms with Crippen LogP contribution in [0.3, 0.4) is 0 Å². The third kappa shape index (κ3) is 3.97. The Morgan fingerprint density at radius 3 is 2.35 bits per heavy atom. The van der Waals surface area contributed by atoms with Gasteiger partial charge in [-0.1, -0.05) is 48.5 Å². The summed E-state index contributed by atoms with van der Waals surface area (Å²) in [5, 5.41) is 2.96. The second kappa shape index (κ2) is 7.60. The molecule has 0 saturated carbocycles. The number of hydrogen-bond acceptors (Lipinski definition) is 3. The summed E-state index contributed by atoms with van der Waals surface area (Å²) in [4.78, 5) is 13.0. The lowest BCUT2D eigenvalue weighted by Gasteiger charge is -2.38. The van der Waals surface area contributed by atoms with E-state index in [1.165, 1.54) is 4.31 Å². The molecule has 0 aliphatic carbocycles. The monoisotopic (exact) mass is 372 g/mol. The molecule has 0 bridgehead atoms. The first-order valence-electron chi connectivity index (χ1n) is 8.79. The van der Waals surface area contributed by atoms with Crippen molar-refractivity contribution in [2.45, 2.75) is 31.2 Å². The van der Waals surface area contributed by atoms with E-state index in [9.17, 15) is 13.2 Å². The third-order valence-corrected chi connectivity index (χ3v) is 6.75. The fraction of sp³-hybridized carbons (Fsp3) is 0.350. The molecule has 26 heavy (non-hydrogen) atoms. The summed E-state index contributed by atoms with van der Waals surface area (Å²) in [5.74, 6) is -0.102. The number of rotatable bonds is 5. The van der Waals surface area contributed by atoms with Gasteiger partial charge in [0.25, 0.3) is 0 Å². The largest absolute Gasteiger partial charge is 0.352 e. The maximum absolute atomic E-state index is 12.9. The van der Waals surface area contributed by atoms with Crippen molar-refractivity contribution in [3.63, 3.8) is 0 Å². The summed E-state index contributed by atoms with van der Waals surface area (Å²) in [6.07, 6.45) is 1.34. The van der Waals surface area contributed by atoms with Gasteiger partial charge in [-0.3, -0.25) is 4.79 Å². The van der Waals surface area contributed by atoms with Crippen LogP contribution in [0.4, 0.5) is 0 Å². The van der Waals surface area contributed by atoms with Crippen molar-refractivity contribution in [2.24, 2.45) is 5.41 Å². The number of carbonyl (C=O) groups is 1. The molecule has 0 aromatic heterocycles. The summed E-state index contributed by atoms with van der Waals surface area (Å²) in [6.45, 7) is 2.93. The van der Waals surface area contributed by atoms with Crippen molar-refractivity contribution in [3.8, 4) is 0 Å². The normalized spacial score (nSPS) is 21.3. The maximum Gasteiger partial charge on any atom is 0.243 e. The lowest BCUT2D eigenvalue weighted by Crippen LogP contribution is -2.51. The molecule has 2 aromatic rings. The van der Waals surface area contributed by atoms with Gasteiger partial charge in [-0.15, -0.1) is 0 Å². The molecule has 1 saturated heterocycles. The number of nitrogens with one attached hydrogen (secondary N) is 1. The smallest absolute Gasteiger partial charge is 0.243 e. The Hall–Kier alpha value is -2.18. The minimum absolute atomic E-state index is 0.102. The lowest BCUT2D eigenvalue weighted by atomic mass is 9.82. The van der Waals surface area contributed by atoms with Gasteiger partial charge in [-0.05, 0) is 37.5 Å². The van der Waals surface area contributed by atoms with Gasteiger partial charge in [-0.25, -0.2) is 8.42 Å². The Morgan fingerprint density at radius 1 is 1.08 bits per heavy atom. The Bertz CT molecular complexity index is 853. The molecule has 3 rings (SSSR count). The van der Waals surface area contributed by atoms with Gasteiger partial charge in [-0.2, -0.15) is 4.31 Å². The van der Waals surface area contributed by atoms with Gasteiger partial charge < -0.3 is 5.32 Å². The first-order chi connectivity index (χ1) is 12.4. The average Bonchev–Trinajstić information content (AvgIpc) is 2.67. The van der Waals surface area contributed by atoms with E-state index in [0.29, 0.717) is 25.9 Å². The van der Waals surface area contributed by atoms with Crippen LogP contribution in [0.2, 0.25) is 0 Å². The number of nitrogens with zero attached hydrogens (tertiary/aromatic N) is 1. The van der Waals surface area contributed by atoms with E-state index in [-0.39, 0.29) is 17.3 Å². The van der Waals surface area contributed by atoms with Gasteiger partial charge in [0.2, 0.25) is 15.9 Å². The van der Waals surface area contributed by atoms with Gasteiger partial charge in [0.05, 0.1) is 10.3 Å². The Labute approximate surface area is 155 Å². The highest BCUT2D eigenvalue weighted by atomic mass is 32.2. The zero-order valence-corrected chi connectivity index (χ0v) is 15.7. The van der Waals surface area contributed by atoms with Gasteiger partial charge >= 0.3 is 0 Å². The van der Waals surface area contributed by atoms with Crippen LogP contribution in [0.25, 0.3) is 0 Å². The Morgan fingerprint density at radius 2 is 1.69 bits per heavy atom. The molecule has 0 spiro atoms. The second-order valence-corrected chi connectivity index (χ2v) is 8.92. The standard InChI is InChI=1S/C20H24N2O3S/c1-20(19(23)21-15-17-9-4-2-5-10-17)13-8-14-22(16-20)26(24,25)18-11-6-3-7-12-18/h2-7,9-12H,8,13-16H2,1H3,(H,21,23). The number of hydrogen-bond donors (Lipinski definition) is 1. The fourth-order valence-corrected chi connectivity index (χ4v) is 4.94. The van der Waals surface area contributed by atoms with Crippen molar-refractivity contribution < 1.29 is 13.2 Å². The third-order valence-electron chi connectivity index (χ3n) is 4.89. The summed E-state index contributed by atoms with van der Waals surface area (Å²) >= 11 is 0. The molecular formula is C20H24N2O3S. The van der Waals surface area contributed by atoms with Crippen molar-refractivity contribution in [1.82, 2.24) is 9.62 Å². The van der Waals surface area contributed by atoms with Crippen LogP contribution in [0.5, 0.6) is 0 Å². The van der Waals surface area contributed by atoms with E-state index in [0.717, 1.165) is 5.56 Å². The van der Waals surface area contributed by atoms with Crippen LogP contribution in [0.1, 0.15) is 25.3 Å². The number of piperidine rings is 1.